The molecule has 0 saturated heterocycles. The number of halogens is 3. The van der Waals surface area contributed by atoms with Gasteiger partial charge in [0, 0.05) is 23.4 Å². The highest BCUT2D eigenvalue weighted by Crippen LogP contribution is 2.29. The fourth-order valence-corrected chi connectivity index (χ4v) is 3.01. The standard InChI is InChI=1S/C21H15F3N4O/c1-12-3-5-14(6-4-12)16-9-19-26-17(10-20(29)28(19)27-13(16)2)15-7-8-18(25-11-15)21(22,23)24/h3-11H,1-2H3. The first-order valence-corrected chi connectivity index (χ1v) is 8.75. The molecule has 0 N–H and O–H groups in total. The lowest BCUT2D eigenvalue weighted by Crippen LogP contribution is -2.18. The van der Waals surface area contributed by atoms with Crippen molar-refractivity contribution in [2.24, 2.45) is 0 Å². The summed E-state index contributed by atoms with van der Waals surface area (Å²) in [4.78, 5) is 20.4. The lowest BCUT2D eigenvalue weighted by Gasteiger charge is -2.10. The highest BCUT2D eigenvalue weighted by Gasteiger charge is 2.32. The summed E-state index contributed by atoms with van der Waals surface area (Å²) in [5, 5.41) is 4.33. The molecule has 1 aromatic carbocycles. The molecule has 0 saturated carbocycles. The van der Waals surface area contributed by atoms with Gasteiger partial charge in [-0.2, -0.15) is 22.8 Å². The van der Waals surface area contributed by atoms with Crippen LogP contribution in [-0.2, 0) is 6.18 Å². The van der Waals surface area contributed by atoms with E-state index in [-0.39, 0.29) is 5.69 Å². The molecule has 0 atom stereocenters. The van der Waals surface area contributed by atoms with Crippen LogP contribution >= 0.6 is 0 Å². The van der Waals surface area contributed by atoms with Crippen LogP contribution in [0.5, 0.6) is 0 Å². The van der Waals surface area contributed by atoms with Gasteiger partial charge in [0.15, 0.2) is 5.65 Å². The number of hydrogen-bond acceptors (Lipinski definition) is 4. The average molecular weight is 396 g/mol. The number of nitrogens with zero attached hydrogens (tertiary/aromatic N) is 4. The Kier molecular flexibility index (Phi) is 4.41. The predicted molar refractivity (Wildman–Crippen MR) is 102 cm³/mol. The molecule has 4 rings (SSSR count). The van der Waals surface area contributed by atoms with Crippen molar-refractivity contribution in [3.8, 4) is 22.4 Å². The minimum absolute atomic E-state index is 0.233. The van der Waals surface area contributed by atoms with Crippen molar-refractivity contribution in [2.75, 3.05) is 0 Å². The van der Waals surface area contributed by atoms with E-state index in [1.54, 1.807) is 13.0 Å². The summed E-state index contributed by atoms with van der Waals surface area (Å²) in [5.74, 6) is 0. The highest BCUT2D eigenvalue weighted by atomic mass is 19.4. The van der Waals surface area contributed by atoms with Crippen LogP contribution in [0.2, 0.25) is 0 Å². The average Bonchev–Trinajstić information content (AvgIpc) is 2.68. The Balaban J connectivity index is 1.84. The molecule has 0 unspecified atom stereocenters. The van der Waals surface area contributed by atoms with E-state index >= 15 is 0 Å². The van der Waals surface area contributed by atoms with E-state index in [2.05, 4.69) is 15.1 Å². The maximum absolute atomic E-state index is 12.7. The first kappa shape index (κ1) is 18.8. The molecule has 0 aliphatic rings. The van der Waals surface area contributed by atoms with E-state index < -0.39 is 17.4 Å². The predicted octanol–water partition coefficient (Wildman–Crippen LogP) is 4.45. The van der Waals surface area contributed by atoms with Gasteiger partial charge in [0.05, 0.1) is 11.4 Å². The van der Waals surface area contributed by atoms with E-state index in [1.807, 2.05) is 31.2 Å². The molecule has 5 nitrogen and oxygen atoms in total. The molecule has 29 heavy (non-hydrogen) atoms. The third-order valence-corrected chi connectivity index (χ3v) is 4.55. The molecule has 0 radical (unpaired) electrons. The number of aromatic nitrogens is 4. The number of alkyl halides is 3. The van der Waals surface area contributed by atoms with Crippen LogP contribution in [-0.4, -0.2) is 19.6 Å². The van der Waals surface area contributed by atoms with Crippen LogP contribution in [0.4, 0.5) is 13.2 Å². The van der Waals surface area contributed by atoms with Crippen molar-refractivity contribution < 1.29 is 13.2 Å². The Labute approximate surface area is 163 Å². The van der Waals surface area contributed by atoms with Crippen LogP contribution in [0, 0.1) is 13.8 Å². The van der Waals surface area contributed by atoms with Gasteiger partial charge < -0.3 is 0 Å². The van der Waals surface area contributed by atoms with Gasteiger partial charge in [-0.3, -0.25) is 9.78 Å². The molecular weight excluding hydrogens is 381 g/mol. The largest absolute Gasteiger partial charge is 0.433 e. The zero-order chi connectivity index (χ0) is 20.8. The molecule has 3 heterocycles. The maximum atomic E-state index is 12.7. The van der Waals surface area contributed by atoms with Crippen molar-refractivity contribution in [3.63, 3.8) is 0 Å². The maximum Gasteiger partial charge on any atom is 0.433 e. The van der Waals surface area contributed by atoms with Crippen molar-refractivity contribution in [1.29, 1.82) is 0 Å². The summed E-state index contributed by atoms with van der Waals surface area (Å²) >= 11 is 0. The van der Waals surface area contributed by atoms with E-state index in [0.717, 1.165) is 29.0 Å². The van der Waals surface area contributed by atoms with Crippen LogP contribution in [0.3, 0.4) is 0 Å². The first-order valence-electron chi connectivity index (χ1n) is 8.75. The lowest BCUT2D eigenvalue weighted by atomic mass is 10.0. The second-order valence-corrected chi connectivity index (χ2v) is 6.69. The van der Waals surface area contributed by atoms with Crippen molar-refractivity contribution in [2.45, 2.75) is 20.0 Å². The van der Waals surface area contributed by atoms with Gasteiger partial charge in [0.2, 0.25) is 0 Å². The Morgan fingerprint density at radius 2 is 1.62 bits per heavy atom. The number of pyridine rings is 1. The molecule has 3 aromatic heterocycles. The van der Waals surface area contributed by atoms with Gasteiger partial charge >= 0.3 is 6.18 Å². The molecule has 0 aliphatic carbocycles. The van der Waals surface area contributed by atoms with Crippen LogP contribution in [0.25, 0.3) is 28.0 Å². The molecule has 4 aromatic rings. The van der Waals surface area contributed by atoms with Crippen molar-refractivity contribution in [3.05, 3.63) is 82.0 Å². The number of benzene rings is 1. The molecule has 146 valence electrons. The Morgan fingerprint density at radius 1 is 0.931 bits per heavy atom. The molecule has 0 fully saturated rings. The molecule has 0 bridgehead atoms. The molecule has 0 amide bonds. The van der Waals surface area contributed by atoms with Crippen molar-refractivity contribution in [1.82, 2.24) is 19.6 Å². The number of hydrogen-bond donors (Lipinski definition) is 0. The van der Waals surface area contributed by atoms with E-state index in [4.69, 9.17) is 0 Å². The zero-order valence-electron chi connectivity index (χ0n) is 15.5. The Hall–Kier alpha value is -3.55. The summed E-state index contributed by atoms with van der Waals surface area (Å²) < 4.78 is 39.3. The second-order valence-electron chi connectivity index (χ2n) is 6.69. The van der Waals surface area contributed by atoms with Gasteiger partial charge in [-0.25, -0.2) is 4.98 Å². The van der Waals surface area contributed by atoms with Crippen molar-refractivity contribution >= 4 is 5.65 Å². The highest BCUT2D eigenvalue weighted by molar-refractivity contribution is 5.70. The molecule has 8 heteroatoms. The summed E-state index contributed by atoms with van der Waals surface area (Å²) in [5.41, 5.74) is 2.95. The Morgan fingerprint density at radius 3 is 2.24 bits per heavy atom. The number of aryl methyl sites for hydroxylation is 2. The topological polar surface area (TPSA) is 60.2 Å². The third kappa shape index (κ3) is 3.61. The van der Waals surface area contributed by atoms with Crippen LogP contribution < -0.4 is 5.56 Å². The lowest BCUT2D eigenvalue weighted by molar-refractivity contribution is -0.141. The number of rotatable bonds is 2. The van der Waals surface area contributed by atoms with E-state index in [1.165, 1.54) is 16.6 Å². The van der Waals surface area contributed by atoms with Gasteiger partial charge in [0.1, 0.15) is 5.69 Å². The second kappa shape index (κ2) is 6.80. The quantitative estimate of drug-likeness (QED) is 0.502. The van der Waals surface area contributed by atoms with Gasteiger partial charge in [-0.1, -0.05) is 29.8 Å². The fraction of sp³-hybridized carbons (Fsp3) is 0.143. The Bertz CT molecular complexity index is 1260. The number of fused-ring (bicyclic) bond motifs is 1. The van der Waals surface area contributed by atoms with Gasteiger partial charge in [-0.05, 0) is 37.6 Å². The van der Waals surface area contributed by atoms with Crippen LogP contribution in [0.15, 0.2) is 59.5 Å². The van der Waals surface area contributed by atoms with E-state index in [0.29, 0.717) is 16.9 Å². The summed E-state index contributed by atoms with van der Waals surface area (Å²) in [7, 11) is 0. The van der Waals surface area contributed by atoms with E-state index in [9.17, 15) is 18.0 Å². The SMILES string of the molecule is Cc1ccc(-c2cc3nc(-c4ccc(C(F)(F)F)nc4)cc(=O)n3nc2C)cc1. The summed E-state index contributed by atoms with van der Waals surface area (Å²) in [6, 6.07) is 13.0. The van der Waals surface area contributed by atoms with Gasteiger partial charge in [0.25, 0.3) is 5.56 Å². The smallest absolute Gasteiger partial charge is 0.267 e. The first-order chi connectivity index (χ1) is 13.7. The fourth-order valence-electron chi connectivity index (χ4n) is 3.01. The summed E-state index contributed by atoms with van der Waals surface area (Å²) in [6.07, 6.45) is -3.47. The van der Waals surface area contributed by atoms with Gasteiger partial charge in [-0.15, -0.1) is 0 Å². The minimum atomic E-state index is -4.53. The molecule has 0 aliphatic heterocycles. The van der Waals surface area contributed by atoms with Crippen LogP contribution in [0.1, 0.15) is 17.0 Å². The molecule has 0 spiro atoms. The normalized spacial score (nSPS) is 11.8. The third-order valence-electron chi connectivity index (χ3n) is 4.55. The molecular formula is C21H15F3N4O. The zero-order valence-corrected chi connectivity index (χ0v) is 15.5. The minimum Gasteiger partial charge on any atom is -0.267 e. The summed E-state index contributed by atoms with van der Waals surface area (Å²) in [6.45, 7) is 3.79. The monoisotopic (exact) mass is 396 g/mol.